The molecule has 144 valence electrons. The van der Waals surface area contributed by atoms with Gasteiger partial charge in [-0.15, -0.1) is 0 Å². The second kappa shape index (κ2) is 8.12. The number of halogens is 1. The fraction of sp³-hybridized carbons (Fsp3) is 0.478. The van der Waals surface area contributed by atoms with E-state index in [0.717, 1.165) is 37.9 Å². The summed E-state index contributed by atoms with van der Waals surface area (Å²) >= 11 is 6.25. The molecule has 0 aliphatic heterocycles. The highest BCUT2D eigenvalue weighted by atomic mass is 35.5. The molecule has 0 spiro atoms. The predicted molar refractivity (Wildman–Crippen MR) is 110 cm³/mol. The SMILES string of the molecule is COc1ccc(Cl)c(OCC2CCc3cc([C@@H]4CCC(N)C4)ccc3C2)c1. The Bertz CT molecular complexity index is 807. The highest BCUT2D eigenvalue weighted by Crippen LogP contribution is 2.36. The molecule has 0 bridgehead atoms. The van der Waals surface area contributed by atoms with Crippen LogP contribution in [0.3, 0.4) is 0 Å². The normalized spacial score (nSPS) is 24.5. The standard InChI is InChI=1S/C23H28ClNO2/c1-26-21-8-9-22(24)23(13-21)27-14-15-2-3-17-11-18(5-4-16(17)10-15)19-6-7-20(25)12-19/h4-5,8-9,11,13,15,19-20H,2-3,6-7,10,12,14,25H2,1H3/t15?,19-,20?/m1/s1. The van der Waals surface area contributed by atoms with E-state index in [4.69, 9.17) is 26.8 Å². The van der Waals surface area contributed by atoms with E-state index in [1.807, 2.05) is 18.2 Å². The maximum absolute atomic E-state index is 6.25. The van der Waals surface area contributed by atoms with Crippen LogP contribution in [0.1, 0.15) is 48.3 Å². The van der Waals surface area contributed by atoms with Gasteiger partial charge in [-0.3, -0.25) is 0 Å². The monoisotopic (exact) mass is 385 g/mol. The third-order valence-electron chi connectivity index (χ3n) is 6.12. The Hall–Kier alpha value is -1.71. The van der Waals surface area contributed by atoms with Gasteiger partial charge in [0, 0.05) is 12.1 Å². The van der Waals surface area contributed by atoms with Crippen LogP contribution in [0.15, 0.2) is 36.4 Å². The van der Waals surface area contributed by atoms with Gasteiger partial charge in [0.15, 0.2) is 0 Å². The molecule has 0 aromatic heterocycles. The minimum absolute atomic E-state index is 0.385. The molecule has 2 N–H and O–H groups in total. The van der Waals surface area contributed by atoms with Gasteiger partial charge in [-0.05, 0) is 79.2 Å². The Kier molecular flexibility index (Phi) is 5.60. The Morgan fingerprint density at radius 3 is 2.74 bits per heavy atom. The summed E-state index contributed by atoms with van der Waals surface area (Å²) in [6.45, 7) is 0.686. The van der Waals surface area contributed by atoms with Gasteiger partial charge in [-0.2, -0.15) is 0 Å². The molecule has 0 saturated heterocycles. The number of hydrogen-bond acceptors (Lipinski definition) is 3. The van der Waals surface area contributed by atoms with Crippen LogP contribution < -0.4 is 15.2 Å². The first-order valence-corrected chi connectivity index (χ1v) is 10.3. The van der Waals surface area contributed by atoms with Crippen molar-refractivity contribution >= 4 is 11.6 Å². The smallest absolute Gasteiger partial charge is 0.141 e. The zero-order valence-electron chi connectivity index (χ0n) is 15.9. The van der Waals surface area contributed by atoms with Gasteiger partial charge < -0.3 is 15.2 Å². The second-order valence-corrected chi connectivity index (χ2v) is 8.42. The largest absolute Gasteiger partial charge is 0.497 e. The average molecular weight is 386 g/mol. The number of fused-ring (bicyclic) bond motifs is 1. The lowest BCUT2D eigenvalue weighted by Crippen LogP contribution is -2.21. The van der Waals surface area contributed by atoms with E-state index in [1.165, 1.54) is 23.1 Å². The number of methoxy groups -OCH3 is 1. The van der Waals surface area contributed by atoms with Crippen LogP contribution in [0, 0.1) is 5.92 Å². The van der Waals surface area contributed by atoms with Crippen LogP contribution in [-0.4, -0.2) is 19.8 Å². The van der Waals surface area contributed by atoms with E-state index >= 15 is 0 Å². The van der Waals surface area contributed by atoms with Crippen molar-refractivity contribution in [3.05, 3.63) is 58.1 Å². The lowest BCUT2D eigenvalue weighted by Gasteiger charge is -2.26. The average Bonchev–Trinajstić information content (AvgIpc) is 3.13. The zero-order chi connectivity index (χ0) is 18.8. The van der Waals surface area contributed by atoms with Crippen molar-refractivity contribution in [1.82, 2.24) is 0 Å². The van der Waals surface area contributed by atoms with Gasteiger partial charge in [-0.1, -0.05) is 29.8 Å². The maximum Gasteiger partial charge on any atom is 0.141 e. The van der Waals surface area contributed by atoms with Crippen LogP contribution in [0.2, 0.25) is 5.02 Å². The van der Waals surface area contributed by atoms with E-state index in [-0.39, 0.29) is 0 Å². The Labute approximate surface area is 166 Å². The van der Waals surface area contributed by atoms with Crippen molar-refractivity contribution in [1.29, 1.82) is 0 Å². The number of benzene rings is 2. The van der Waals surface area contributed by atoms with Gasteiger partial charge >= 0.3 is 0 Å². The summed E-state index contributed by atoms with van der Waals surface area (Å²) in [5.41, 5.74) is 10.6. The molecule has 2 aliphatic rings. The topological polar surface area (TPSA) is 44.5 Å². The van der Waals surface area contributed by atoms with E-state index in [9.17, 15) is 0 Å². The first kappa shape index (κ1) is 18.6. The van der Waals surface area contributed by atoms with Crippen LogP contribution >= 0.6 is 11.6 Å². The van der Waals surface area contributed by atoms with E-state index in [1.54, 1.807) is 7.11 Å². The van der Waals surface area contributed by atoms with Gasteiger partial charge in [0.25, 0.3) is 0 Å². The first-order chi connectivity index (χ1) is 13.1. The van der Waals surface area contributed by atoms with Crippen molar-refractivity contribution in [2.24, 2.45) is 11.7 Å². The summed E-state index contributed by atoms with van der Waals surface area (Å²) in [4.78, 5) is 0. The van der Waals surface area contributed by atoms with Gasteiger partial charge in [0.1, 0.15) is 11.5 Å². The molecule has 27 heavy (non-hydrogen) atoms. The number of rotatable bonds is 5. The van der Waals surface area contributed by atoms with E-state index in [2.05, 4.69) is 18.2 Å². The zero-order valence-corrected chi connectivity index (χ0v) is 16.7. The predicted octanol–water partition coefficient (Wildman–Crippen LogP) is 5.13. The van der Waals surface area contributed by atoms with Gasteiger partial charge in [0.2, 0.25) is 0 Å². The molecule has 2 aromatic rings. The second-order valence-electron chi connectivity index (χ2n) is 8.01. The fourth-order valence-electron chi connectivity index (χ4n) is 4.49. The summed E-state index contributed by atoms with van der Waals surface area (Å²) < 4.78 is 11.3. The number of aryl methyl sites for hydroxylation is 1. The molecule has 0 heterocycles. The van der Waals surface area contributed by atoms with Crippen molar-refractivity contribution in [2.75, 3.05) is 13.7 Å². The summed E-state index contributed by atoms with van der Waals surface area (Å²) in [7, 11) is 1.65. The summed E-state index contributed by atoms with van der Waals surface area (Å²) in [6.07, 6.45) is 6.88. The van der Waals surface area contributed by atoms with Crippen LogP contribution in [0.5, 0.6) is 11.5 Å². The van der Waals surface area contributed by atoms with E-state index in [0.29, 0.717) is 35.3 Å². The lowest BCUT2D eigenvalue weighted by molar-refractivity contribution is 0.233. The number of ether oxygens (including phenoxy) is 2. The number of hydrogen-bond donors (Lipinski definition) is 1. The first-order valence-electron chi connectivity index (χ1n) is 9.96. The third kappa shape index (κ3) is 4.25. The summed E-state index contributed by atoms with van der Waals surface area (Å²) in [5.74, 6) is 2.64. The van der Waals surface area contributed by atoms with Crippen LogP contribution in [-0.2, 0) is 12.8 Å². The highest BCUT2D eigenvalue weighted by molar-refractivity contribution is 6.32. The fourth-order valence-corrected chi connectivity index (χ4v) is 4.67. The minimum Gasteiger partial charge on any atom is -0.497 e. The van der Waals surface area contributed by atoms with Crippen molar-refractivity contribution in [3.8, 4) is 11.5 Å². The maximum atomic E-state index is 6.25. The molecule has 2 unspecified atom stereocenters. The molecule has 3 atom stereocenters. The molecule has 1 saturated carbocycles. The molecule has 0 amide bonds. The molecule has 2 aromatic carbocycles. The lowest BCUT2D eigenvalue weighted by atomic mass is 9.82. The molecular weight excluding hydrogens is 358 g/mol. The molecule has 4 heteroatoms. The van der Waals surface area contributed by atoms with Crippen molar-refractivity contribution in [2.45, 2.75) is 50.5 Å². The Balaban J connectivity index is 1.39. The summed E-state index contributed by atoms with van der Waals surface area (Å²) in [5, 5.41) is 0.631. The minimum atomic E-state index is 0.385. The van der Waals surface area contributed by atoms with Crippen molar-refractivity contribution in [3.63, 3.8) is 0 Å². The molecular formula is C23H28ClNO2. The molecule has 4 rings (SSSR count). The molecule has 2 aliphatic carbocycles. The summed E-state index contributed by atoms with van der Waals surface area (Å²) in [6, 6.07) is 13.0. The Morgan fingerprint density at radius 1 is 1.07 bits per heavy atom. The van der Waals surface area contributed by atoms with Crippen molar-refractivity contribution < 1.29 is 9.47 Å². The quantitative estimate of drug-likeness (QED) is 0.776. The molecule has 1 fully saturated rings. The number of nitrogens with two attached hydrogens (primary N) is 1. The van der Waals surface area contributed by atoms with Crippen LogP contribution in [0.25, 0.3) is 0 Å². The molecule has 3 nitrogen and oxygen atoms in total. The van der Waals surface area contributed by atoms with Crippen LogP contribution in [0.4, 0.5) is 0 Å². The Morgan fingerprint density at radius 2 is 1.96 bits per heavy atom. The van der Waals surface area contributed by atoms with Gasteiger partial charge in [-0.25, -0.2) is 0 Å². The van der Waals surface area contributed by atoms with Gasteiger partial charge in [0.05, 0.1) is 18.7 Å². The highest BCUT2D eigenvalue weighted by Gasteiger charge is 2.25. The third-order valence-corrected chi connectivity index (χ3v) is 6.43. The molecule has 0 radical (unpaired) electrons. The van der Waals surface area contributed by atoms with E-state index < -0.39 is 0 Å².